The zero-order valence-electron chi connectivity index (χ0n) is 10.1. The zero-order chi connectivity index (χ0) is 12.8. The fourth-order valence-corrected chi connectivity index (χ4v) is 1.91. The maximum absolute atomic E-state index is 12.1. The van der Waals surface area contributed by atoms with Crippen molar-refractivity contribution in [2.24, 2.45) is 7.05 Å². The smallest absolute Gasteiger partial charge is 0.329 e. The molecule has 1 aromatic heterocycles. The van der Waals surface area contributed by atoms with E-state index in [1.165, 1.54) is 4.90 Å². The number of hydrogen-bond donors (Lipinski definition) is 1. The SMILES string of the molecule is Cc1cc(C(=O)N2CC[C@@]2(C)C(=O)O)nn1C. The van der Waals surface area contributed by atoms with Gasteiger partial charge in [0.25, 0.3) is 5.91 Å². The van der Waals surface area contributed by atoms with Gasteiger partial charge in [0.1, 0.15) is 5.54 Å². The Morgan fingerprint density at radius 2 is 2.18 bits per heavy atom. The van der Waals surface area contributed by atoms with Crippen molar-refractivity contribution in [1.82, 2.24) is 14.7 Å². The number of aliphatic carboxylic acids is 1. The molecule has 1 saturated heterocycles. The molecule has 92 valence electrons. The molecule has 0 unspecified atom stereocenters. The van der Waals surface area contributed by atoms with Gasteiger partial charge in [-0.2, -0.15) is 5.10 Å². The standard InChI is InChI=1S/C11H15N3O3/c1-7-6-8(12-13(7)3)9(15)14-5-4-11(14,2)10(16)17/h6H,4-5H2,1-3H3,(H,16,17)/t11-/m0/s1. The Labute approximate surface area is 98.8 Å². The predicted molar refractivity (Wildman–Crippen MR) is 59.6 cm³/mol. The van der Waals surface area contributed by atoms with Crippen LogP contribution in [-0.2, 0) is 11.8 Å². The quantitative estimate of drug-likeness (QED) is 0.808. The Morgan fingerprint density at radius 3 is 2.53 bits per heavy atom. The van der Waals surface area contributed by atoms with Gasteiger partial charge in [0.15, 0.2) is 5.69 Å². The molecule has 0 aliphatic carbocycles. The minimum atomic E-state index is -1.08. The van der Waals surface area contributed by atoms with Crippen LogP contribution in [0.25, 0.3) is 0 Å². The normalized spacial score (nSPS) is 23.4. The first kappa shape index (κ1) is 11.6. The lowest BCUT2D eigenvalue weighted by molar-refractivity contribution is -0.155. The first-order chi connectivity index (χ1) is 7.86. The number of likely N-dealkylation sites (tertiary alicyclic amines) is 1. The lowest BCUT2D eigenvalue weighted by Gasteiger charge is -2.46. The van der Waals surface area contributed by atoms with Crippen molar-refractivity contribution in [1.29, 1.82) is 0 Å². The Hall–Kier alpha value is -1.85. The molecular formula is C11H15N3O3. The Bertz CT molecular complexity index is 475. The van der Waals surface area contributed by atoms with E-state index in [2.05, 4.69) is 5.10 Å². The van der Waals surface area contributed by atoms with Crippen LogP contribution in [0.3, 0.4) is 0 Å². The Kier molecular flexibility index (Phi) is 2.45. The molecule has 17 heavy (non-hydrogen) atoms. The molecule has 1 N–H and O–H groups in total. The summed E-state index contributed by atoms with van der Waals surface area (Å²) < 4.78 is 1.60. The number of carbonyl (C=O) groups is 2. The van der Waals surface area contributed by atoms with E-state index in [0.717, 1.165) is 5.69 Å². The van der Waals surface area contributed by atoms with Crippen molar-refractivity contribution in [3.8, 4) is 0 Å². The maximum atomic E-state index is 12.1. The first-order valence-corrected chi connectivity index (χ1v) is 5.42. The molecule has 1 fully saturated rings. The second-order valence-corrected chi connectivity index (χ2v) is 4.58. The van der Waals surface area contributed by atoms with E-state index in [4.69, 9.17) is 5.11 Å². The highest BCUT2D eigenvalue weighted by atomic mass is 16.4. The molecule has 6 nitrogen and oxygen atoms in total. The van der Waals surface area contributed by atoms with Crippen LogP contribution in [0.1, 0.15) is 29.5 Å². The van der Waals surface area contributed by atoms with E-state index in [-0.39, 0.29) is 5.91 Å². The highest BCUT2D eigenvalue weighted by Gasteiger charge is 2.50. The monoisotopic (exact) mass is 237 g/mol. The van der Waals surface area contributed by atoms with Gasteiger partial charge in [-0.1, -0.05) is 0 Å². The van der Waals surface area contributed by atoms with Crippen LogP contribution in [0.5, 0.6) is 0 Å². The summed E-state index contributed by atoms with van der Waals surface area (Å²) >= 11 is 0. The molecule has 1 aromatic rings. The maximum Gasteiger partial charge on any atom is 0.329 e. The van der Waals surface area contributed by atoms with E-state index < -0.39 is 11.5 Å². The summed E-state index contributed by atoms with van der Waals surface area (Å²) in [5.41, 5.74) is 0.0887. The number of carboxylic acid groups (broad SMARTS) is 1. The molecule has 1 amide bonds. The topological polar surface area (TPSA) is 75.4 Å². The van der Waals surface area contributed by atoms with Gasteiger partial charge in [-0.25, -0.2) is 4.79 Å². The van der Waals surface area contributed by atoms with Gasteiger partial charge in [0, 0.05) is 19.3 Å². The average Bonchev–Trinajstić information content (AvgIpc) is 2.56. The number of aromatic nitrogens is 2. The number of amides is 1. The number of carbonyl (C=O) groups excluding carboxylic acids is 1. The Morgan fingerprint density at radius 1 is 1.53 bits per heavy atom. The van der Waals surface area contributed by atoms with Crippen molar-refractivity contribution in [2.75, 3.05) is 6.54 Å². The van der Waals surface area contributed by atoms with Crippen molar-refractivity contribution in [3.05, 3.63) is 17.5 Å². The zero-order valence-corrected chi connectivity index (χ0v) is 10.1. The van der Waals surface area contributed by atoms with Crippen LogP contribution >= 0.6 is 0 Å². The van der Waals surface area contributed by atoms with Crippen LogP contribution in [0.15, 0.2) is 6.07 Å². The van der Waals surface area contributed by atoms with Crippen LogP contribution in [0.4, 0.5) is 0 Å². The molecule has 0 aromatic carbocycles. The lowest BCUT2D eigenvalue weighted by atomic mass is 9.86. The third kappa shape index (κ3) is 1.60. The molecule has 0 saturated carbocycles. The number of nitrogens with zero attached hydrogens (tertiary/aromatic N) is 3. The van der Waals surface area contributed by atoms with E-state index >= 15 is 0 Å². The summed E-state index contributed by atoms with van der Waals surface area (Å²) in [4.78, 5) is 24.6. The van der Waals surface area contributed by atoms with Gasteiger partial charge < -0.3 is 10.0 Å². The van der Waals surface area contributed by atoms with Crippen LogP contribution < -0.4 is 0 Å². The number of hydrogen-bond acceptors (Lipinski definition) is 3. The molecule has 1 aliphatic heterocycles. The van der Waals surface area contributed by atoms with Crippen LogP contribution in [-0.4, -0.2) is 43.7 Å². The van der Waals surface area contributed by atoms with Crippen molar-refractivity contribution < 1.29 is 14.7 Å². The number of rotatable bonds is 2. The molecule has 2 heterocycles. The van der Waals surface area contributed by atoms with E-state index in [1.54, 1.807) is 24.7 Å². The molecular weight excluding hydrogens is 222 g/mol. The van der Waals surface area contributed by atoms with E-state index in [9.17, 15) is 9.59 Å². The summed E-state index contributed by atoms with van der Waals surface area (Å²) in [6.45, 7) is 3.88. The number of aryl methyl sites for hydroxylation is 2. The van der Waals surface area contributed by atoms with Crippen LogP contribution in [0, 0.1) is 6.92 Å². The molecule has 2 rings (SSSR count). The summed E-state index contributed by atoms with van der Waals surface area (Å²) in [6, 6.07) is 1.67. The fraction of sp³-hybridized carbons (Fsp3) is 0.545. The lowest BCUT2D eigenvalue weighted by Crippen LogP contribution is -2.64. The summed E-state index contributed by atoms with van der Waals surface area (Å²) in [6.07, 6.45) is 0.486. The molecule has 0 bridgehead atoms. The van der Waals surface area contributed by atoms with Crippen molar-refractivity contribution in [2.45, 2.75) is 25.8 Å². The first-order valence-electron chi connectivity index (χ1n) is 5.42. The van der Waals surface area contributed by atoms with Gasteiger partial charge in [0.05, 0.1) is 0 Å². The fourth-order valence-electron chi connectivity index (χ4n) is 1.91. The highest BCUT2D eigenvalue weighted by molar-refractivity contribution is 5.97. The Balaban J connectivity index is 2.25. The summed E-state index contributed by atoms with van der Waals surface area (Å²) in [7, 11) is 1.75. The summed E-state index contributed by atoms with van der Waals surface area (Å²) in [5, 5.41) is 13.2. The molecule has 6 heteroatoms. The largest absolute Gasteiger partial charge is 0.480 e. The van der Waals surface area contributed by atoms with Gasteiger partial charge >= 0.3 is 5.97 Å². The van der Waals surface area contributed by atoms with Crippen molar-refractivity contribution in [3.63, 3.8) is 0 Å². The average molecular weight is 237 g/mol. The molecule has 0 radical (unpaired) electrons. The molecule has 1 aliphatic rings. The third-order valence-electron chi connectivity index (χ3n) is 3.46. The molecule has 0 spiro atoms. The third-order valence-corrected chi connectivity index (χ3v) is 3.46. The molecule has 1 atom stereocenters. The van der Waals surface area contributed by atoms with E-state index in [0.29, 0.717) is 18.7 Å². The second-order valence-electron chi connectivity index (χ2n) is 4.58. The van der Waals surface area contributed by atoms with Gasteiger partial charge in [-0.3, -0.25) is 9.48 Å². The summed E-state index contributed by atoms with van der Waals surface area (Å²) in [5.74, 6) is -1.28. The van der Waals surface area contributed by atoms with Crippen molar-refractivity contribution >= 4 is 11.9 Å². The second kappa shape index (κ2) is 3.58. The van der Waals surface area contributed by atoms with Gasteiger partial charge in [-0.05, 0) is 26.3 Å². The predicted octanol–water partition coefficient (Wildman–Crippen LogP) is 0.418. The highest BCUT2D eigenvalue weighted by Crippen LogP contribution is 2.31. The number of carboxylic acids is 1. The van der Waals surface area contributed by atoms with Gasteiger partial charge in [-0.15, -0.1) is 0 Å². The van der Waals surface area contributed by atoms with Crippen LogP contribution in [0.2, 0.25) is 0 Å². The minimum Gasteiger partial charge on any atom is -0.480 e. The minimum absolute atomic E-state index is 0.303. The van der Waals surface area contributed by atoms with E-state index in [1.807, 2.05) is 6.92 Å². The van der Waals surface area contributed by atoms with Gasteiger partial charge in [0.2, 0.25) is 0 Å².